The Bertz CT molecular complexity index is 859. The Hall–Kier alpha value is -2.54. The summed E-state index contributed by atoms with van der Waals surface area (Å²) in [5.74, 6) is 0.279. The predicted molar refractivity (Wildman–Crippen MR) is 95.1 cm³/mol. The lowest BCUT2D eigenvalue weighted by atomic mass is 10.2. The van der Waals surface area contributed by atoms with Gasteiger partial charge in [0.1, 0.15) is 5.75 Å². The van der Waals surface area contributed by atoms with Crippen LogP contribution in [0.25, 0.3) is 0 Å². The molecule has 1 aliphatic carbocycles. The summed E-state index contributed by atoms with van der Waals surface area (Å²) in [5.41, 5.74) is 1.38. The van der Waals surface area contributed by atoms with Crippen LogP contribution in [0.2, 0.25) is 0 Å². The van der Waals surface area contributed by atoms with Crippen LogP contribution in [0.4, 0.5) is 5.69 Å². The smallest absolute Gasteiger partial charge is 0.261 e. The molecule has 1 saturated carbocycles. The largest absolute Gasteiger partial charge is 0.484 e. The summed E-state index contributed by atoms with van der Waals surface area (Å²) in [6.45, 7) is 1.76. The van der Waals surface area contributed by atoms with Crippen LogP contribution < -0.4 is 14.8 Å². The van der Waals surface area contributed by atoms with Crippen LogP contribution in [-0.2, 0) is 14.8 Å². The van der Waals surface area contributed by atoms with Gasteiger partial charge in [-0.3, -0.25) is 9.52 Å². The van der Waals surface area contributed by atoms with E-state index >= 15 is 0 Å². The van der Waals surface area contributed by atoms with Gasteiger partial charge in [0.05, 0.1) is 10.6 Å². The lowest BCUT2D eigenvalue weighted by Gasteiger charge is -2.11. The monoisotopic (exact) mass is 360 g/mol. The van der Waals surface area contributed by atoms with Gasteiger partial charge >= 0.3 is 0 Å². The van der Waals surface area contributed by atoms with Crippen LogP contribution in [0.15, 0.2) is 53.4 Å². The number of ether oxygens (including phenoxy) is 1. The summed E-state index contributed by atoms with van der Waals surface area (Å²) in [4.78, 5) is 11.7. The molecule has 0 atom stereocenters. The van der Waals surface area contributed by atoms with Crippen molar-refractivity contribution in [1.29, 1.82) is 0 Å². The van der Waals surface area contributed by atoms with Crippen LogP contribution in [0.1, 0.15) is 18.4 Å². The number of nitrogens with one attached hydrogen (secondary N) is 2. The summed E-state index contributed by atoms with van der Waals surface area (Å²) >= 11 is 0. The number of para-hydroxylation sites is 1. The molecular weight excluding hydrogens is 340 g/mol. The van der Waals surface area contributed by atoms with Gasteiger partial charge in [0, 0.05) is 6.04 Å². The van der Waals surface area contributed by atoms with Crippen molar-refractivity contribution in [2.75, 3.05) is 11.3 Å². The number of rotatable bonds is 7. The van der Waals surface area contributed by atoms with E-state index in [9.17, 15) is 13.2 Å². The highest BCUT2D eigenvalue weighted by molar-refractivity contribution is 7.92. The average Bonchev–Trinajstić information content (AvgIpc) is 3.39. The second-order valence-corrected chi connectivity index (χ2v) is 7.70. The van der Waals surface area contributed by atoms with E-state index in [1.807, 2.05) is 19.1 Å². The number of anilines is 1. The number of hydrogen-bond acceptors (Lipinski definition) is 4. The molecule has 6 nitrogen and oxygen atoms in total. The van der Waals surface area contributed by atoms with Crippen molar-refractivity contribution in [3.05, 3.63) is 54.1 Å². The molecule has 7 heteroatoms. The van der Waals surface area contributed by atoms with Crippen molar-refractivity contribution >= 4 is 21.6 Å². The maximum absolute atomic E-state index is 12.4. The van der Waals surface area contributed by atoms with Gasteiger partial charge in [0.25, 0.3) is 15.9 Å². The average molecular weight is 360 g/mol. The molecule has 0 saturated heterocycles. The maximum atomic E-state index is 12.4. The molecule has 0 aromatic heterocycles. The molecule has 132 valence electrons. The number of carbonyl (C=O) groups is 1. The van der Waals surface area contributed by atoms with Crippen molar-refractivity contribution in [1.82, 2.24) is 5.32 Å². The predicted octanol–water partition coefficient (Wildman–Crippen LogP) is 2.45. The minimum atomic E-state index is -3.68. The highest BCUT2D eigenvalue weighted by Crippen LogP contribution is 2.21. The quantitative estimate of drug-likeness (QED) is 0.794. The van der Waals surface area contributed by atoms with E-state index in [0.29, 0.717) is 11.4 Å². The third-order valence-corrected chi connectivity index (χ3v) is 5.22. The van der Waals surface area contributed by atoms with Crippen LogP contribution >= 0.6 is 0 Å². The molecule has 0 heterocycles. The Morgan fingerprint density at radius 3 is 2.44 bits per heavy atom. The van der Waals surface area contributed by atoms with E-state index in [2.05, 4.69) is 10.0 Å². The summed E-state index contributed by atoms with van der Waals surface area (Å²) in [6, 6.07) is 13.4. The van der Waals surface area contributed by atoms with Gasteiger partial charge < -0.3 is 10.1 Å². The Kier molecular flexibility index (Phi) is 4.94. The molecule has 2 aromatic rings. The van der Waals surface area contributed by atoms with Crippen LogP contribution in [0.3, 0.4) is 0 Å². The second kappa shape index (κ2) is 7.14. The van der Waals surface area contributed by atoms with Crippen molar-refractivity contribution in [3.63, 3.8) is 0 Å². The van der Waals surface area contributed by atoms with Gasteiger partial charge in [0.15, 0.2) is 6.61 Å². The van der Waals surface area contributed by atoms with Crippen molar-refractivity contribution < 1.29 is 17.9 Å². The maximum Gasteiger partial charge on any atom is 0.261 e. The van der Waals surface area contributed by atoms with E-state index < -0.39 is 10.0 Å². The van der Waals surface area contributed by atoms with Gasteiger partial charge in [-0.2, -0.15) is 0 Å². The minimum absolute atomic E-state index is 0.0793. The lowest BCUT2D eigenvalue weighted by molar-refractivity contribution is -0.123. The van der Waals surface area contributed by atoms with Gasteiger partial charge in [0.2, 0.25) is 0 Å². The summed E-state index contributed by atoms with van der Waals surface area (Å²) in [5, 5.41) is 2.82. The zero-order valence-corrected chi connectivity index (χ0v) is 14.7. The molecule has 1 fully saturated rings. The fraction of sp³-hybridized carbons (Fsp3) is 0.278. The summed E-state index contributed by atoms with van der Waals surface area (Å²) in [7, 11) is -3.68. The fourth-order valence-corrected chi connectivity index (χ4v) is 3.38. The summed E-state index contributed by atoms with van der Waals surface area (Å²) in [6.07, 6.45) is 2.04. The van der Waals surface area contributed by atoms with Gasteiger partial charge in [-0.15, -0.1) is 0 Å². The zero-order chi connectivity index (χ0) is 17.9. The standard InChI is InChI=1S/C18H20N2O4S/c1-13-4-2-3-5-17(13)20-25(22,23)16-10-8-15(9-11-16)24-12-18(21)19-14-6-7-14/h2-5,8-11,14,20H,6-7,12H2,1H3,(H,19,21). The number of hydrogen-bond donors (Lipinski definition) is 2. The Balaban J connectivity index is 1.62. The molecule has 0 aliphatic heterocycles. The highest BCUT2D eigenvalue weighted by atomic mass is 32.2. The van der Waals surface area contributed by atoms with Crippen molar-refractivity contribution in [3.8, 4) is 5.75 Å². The van der Waals surface area contributed by atoms with Crippen molar-refractivity contribution in [2.24, 2.45) is 0 Å². The normalized spacial score (nSPS) is 14.0. The van der Waals surface area contributed by atoms with Gasteiger partial charge in [-0.1, -0.05) is 18.2 Å². The molecule has 0 unspecified atom stereocenters. The molecule has 0 radical (unpaired) electrons. The molecular formula is C18H20N2O4S. The Morgan fingerprint density at radius 1 is 1.12 bits per heavy atom. The van der Waals surface area contributed by atoms with E-state index in [-0.39, 0.29) is 23.5 Å². The van der Waals surface area contributed by atoms with E-state index in [4.69, 9.17) is 4.74 Å². The van der Waals surface area contributed by atoms with Crippen LogP contribution in [-0.4, -0.2) is 27.0 Å². The third kappa shape index (κ3) is 4.73. The molecule has 25 heavy (non-hydrogen) atoms. The number of sulfonamides is 1. The summed E-state index contributed by atoms with van der Waals surface area (Å²) < 4.78 is 32.8. The second-order valence-electron chi connectivity index (χ2n) is 6.02. The first-order chi connectivity index (χ1) is 11.9. The first-order valence-electron chi connectivity index (χ1n) is 8.05. The zero-order valence-electron chi connectivity index (χ0n) is 13.9. The van der Waals surface area contributed by atoms with E-state index in [1.165, 1.54) is 24.3 Å². The molecule has 1 aliphatic rings. The molecule has 1 amide bonds. The molecule has 0 bridgehead atoms. The number of carbonyl (C=O) groups excluding carboxylic acids is 1. The minimum Gasteiger partial charge on any atom is -0.484 e. The Morgan fingerprint density at radius 2 is 1.80 bits per heavy atom. The van der Waals surface area contributed by atoms with Crippen LogP contribution in [0, 0.1) is 6.92 Å². The first-order valence-corrected chi connectivity index (χ1v) is 9.53. The first kappa shape index (κ1) is 17.3. The molecule has 2 aromatic carbocycles. The lowest BCUT2D eigenvalue weighted by Crippen LogP contribution is -2.30. The Labute approximate surface area is 147 Å². The molecule has 0 spiro atoms. The van der Waals surface area contributed by atoms with Crippen molar-refractivity contribution in [2.45, 2.75) is 30.7 Å². The van der Waals surface area contributed by atoms with Gasteiger partial charge in [-0.05, 0) is 55.7 Å². The SMILES string of the molecule is Cc1ccccc1NS(=O)(=O)c1ccc(OCC(=O)NC2CC2)cc1. The third-order valence-electron chi connectivity index (χ3n) is 3.84. The number of amides is 1. The van der Waals surface area contributed by atoms with E-state index in [1.54, 1.807) is 12.1 Å². The highest BCUT2D eigenvalue weighted by Gasteiger charge is 2.23. The van der Waals surface area contributed by atoms with Gasteiger partial charge in [-0.25, -0.2) is 8.42 Å². The van der Waals surface area contributed by atoms with Crippen LogP contribution in [0.5, 0.6) is 5.75 Å². The topological polar surface area (TPSA) is 84.5 Å². The molecule has 3 rings (SSSR count). The number of aryl methyl sites for hydroxylation is 1. The van der Waals surface area contributed by atoms with E-state index in [0.717, 1.165) is 18.4 Å². The fourth-order valence-electron chi connectivity index (χ4n) is 2.25. The molecule has 2 N–H and O–H groups in total. The number of benzene rings is 2.